The number of hydrogen-bond acceptors (Lipinski definition) is 3. The molecule has 2 N–H and O–H groups in total. The van der Waals surface area contributed by atoms with E-state index in [1.807, 2.05) is 0 Å². The van der Waals surface area contributed by atoms with Crippen LogP contribution in [0.2, 0.25) is 0 Å². The summed E-state index contributed by atoms with van der Waals surface area (Å²) in [5.41, 5.74) is 0.499. The van der Waals surface area contributed by atoms with E-state index >= 15 is 0 Å². The zero-order valence-electron chi connectivity index (χ0n) is 9.27. The molecule has 2 rings (SSSR count). The van der Waals surface area contributed by atoms with Crippen LogP contribution in [0.4, 0.5) is 14.5 Å². The fourth-order valence-corrected chi connectivity index (χ4v) is 2.09. The number of ether oxygens (including phenoxy) is 1. The molecule has 1 fully saturated rings. The van der Waals surface area contributed by atoms with Gasteiger partial charge < -0.3 is 15.2 Å². The second-order valence-electron chi connectivity index (χ2n) is 4.12. The van der Waals surface area contributed by atoms with Gasteiger partial charge in [0.25, 0.3) is 0 Å². The average molecular weight is 243 g/mol. The molecule has 5 heteroatoms. The lowest BCUT2D eigenvalue weighted by atomic mass is 10.2. The number of aliphatic hydroxyl groups excluding tert-OH is 1. The summed E-state index contributed by atoms with van der Waals surface area (Å²) in [7, 11) is 0. The minimum Gasteiger partial charge on any atom is -0.433 e. The molecule has 1 aliphatic carbocycles. The van der Waals surface area contributed by atoms with Crippen molar-refractivity contribution < 1.29 is 18.6 Å². The highest BCUT2D eigenvalue weighted by Crippen LogP contribution is 2.29. The normalized spacial score (nSPS) is 24.0. The fraction of sp³-hybridized carbons (Fsp3) is 0.500. The first-order chi connectivity index (χ1) is 8.16. The molecule has 3 nitrogen and oxygen atoms in total. The van der Waals surface area contributed by atoms with E-state index in [2.05, 4.69) is 10.1 Å². The van der Waals surface area contributed by atoms with E-state index in [1.165, 1.54) is 6.07 Å². The molecule has 1 aromatic rings. The van der Waals surface area contributed by atoms with Crippen LogP contribution < -0.4 is 10.1 Å². The highest BCUT2D eigenvalue weighted by Gasteiger charge is 2.25. The highest BCUT2D eigenvalue weighted by atomic mass is 19.3. The van der Waals surface area contributed by atoms with Gasteiger partial charge in [0.2, 0.25) is 0 Å². The lowest BCUT2D eigenvalue weighted by Crippen LogP contribution is -2.28. The number of nitrogens with one attached hydrogen (secondary N) is 1. The van der Waals surface area contributed by atoms with Gasteiger partial charge in [-0.25, -0.2) is 0 Å². The van der Waals surface area contributed by atoms with E-state index in [4.69, 9.17) is 0 Å². The van der Waals surface area contributed by atoms with Gasteiger partial charge in [-0.1, -0.05) is 12.1 Å². The summed E-state index contributed by atoms with van der Waals surface area (Å²) in [6.45, 7) is -2.84. The summed E-state index contributed by atoms with van der Waals surface area (Å²) in [5, 5.41) is 12.7. The number of alkyl halides is 2. The Labute approximate surface area is 98.4 Å². The molecule has 1 saturated carbocycles. The van der Waals surface area contributed by atoms with Crippen molar-refractivity contribution in [2.24, 2.45) is 0 Å². The summed E-state index contributed by atoms with van der Waals surface area (Å²) in [6, 6.07) is 6.44. The van der Waals surface area contributed by atoms with Crippen LogP contribution in [0.3, 0.4) is 0 Å². The van der Waals surface area contributed by atoms with Gasteiger partial charge in [-0.2, -0.15) is 8.78 Å². The molecule has 0 radical (unpaired) electrons. The topological polar surface area (TPSA) is 41.5 Å². The van der Waals surface area contributed by atoms with Crippen molar-refractivity contribution >= 4 is 5.69 Å². The van der Waals surface area contributed by atoms with E-state index < -0.39 is 12.7 Å². The third kappa shape index (κ3) is 3.06. The summed E-state index contributed by atoms with van der Waals surface area (Å²) >= 11 is 0. The maximum atomic E-state index is 12.2. The molecule has 2 atom stereocenters. The van der Waals surface area contributed by atoms with Gasteiger partial charge in [0, 0.05) is 0 Å². The van der Waals surface area contributed by atoms with E-state index in [9.17, 15) is 13.9 Å². The van der Waals surface area contributed by atoms with Crippen LogP contribution in [-0.4, -0.2) is 23.9 Å². The minimum atomic E-state index is -2.84. The SMILES string of the molecule is OC1CCCC1Nc1ccccc1OC(F)F. The van der Waals surface area contributed by atoms with Gasteiger partial charge in [-0.15, -0.1) is 0 Å². The maximum absolute atomic E-state index is 12.2. The highest BCUT2D eigenvalue weighted by molar-refractivity contribution is 5.57. The Hall–Kier alpha value is -1.36. The average Bonchev–Trinajstić information content (AvgIpc) is 2.67. The molecule has 2 unspecified atom stereocenters. The van der Waals surface area contributed by atoms with E-state index in [0.29, 0.717) is 5.69 Å². The maximum Gasteiger partial charge on any atom is 0.387 e. The molecule has 0 heterocycles. The van der Waals surface area contributed by atoms with E-state index in [-0.39, 0.29) is 11.8 Å². The quantitative estimate of drug-likeness (QED) is 0.854. The number of hydrogen-bond donors (Lipinski definition) is 2. The molecule has 0 amide bonds. The van der Waals surface area contributed by atoms with Gasteiger partial charge in [0.05, 0.1) is 17.8 Å². The van der Waals surface area contributed by atoms with Crippen LogP contribution in [0.1, 0.15) is 19.3 Å². The minimum absolute atomic E-state index is 0.0857. The Bertz CT molecular complexity index is 373. The van der Waals surface area contributed by atoms with Gasteiger partial charge in [0.1, 0.15) is 5.75 Å². The molecular formula is C12H15F2NO2. The largest absolute Gasteiger partial charge is 0.433 e. The molecule has 0 saturated heterocycles. The van der Waals surface area contributed by atoms with Crippen LogP contribution in [0, 0.1) is 0 Å². The first-order valence-corrected chi connectivity index (χ1v) is 5.65. The molecule has 1 aliphatic rings. The third-order valence-corrected chi connectivity index (χ3v) is 2.92. The number of halogens is 2. The Morgan fingerprint density at radius 2 is 2.06 bits per heavy atom. The summed E-state index contributed by atoms with van der Waals surface area (Å²) in [5.74, 6) is 0.113. The number of para-hydroxylation sites is 2. The monoisotopic (exact) mass is 243 g/mol. The van der Waals surface area contributed by atoms with Crippen molar-refractivity contribution in [1.29, 1.82) is 0 Å². The van der Waals surface area contributed by atoms with Crippen LogP contribution >= 0.6 is 0 Å². The molecule has 1 aromatic carbocycles. The van der Waals surface area contributed by atoms with Crippen molar-refractivity contribution in [2.45, 2.75) is 38.0 Å². The van der Waals surface area contributed by atoms with Crippen molar-refractivity contribution in [3.63, 3.8) is 0 Å². The predicted molar refractivity (Wildman–Crippen MR) is 60.3 cm³/mol. The van der Waals surface area contributed by atoms with Crippen molar-refractivity contribution in [3.05, 3.63) is 24.3 Å². The van der Waals surface area contributed by atoms with Crippen molar-refractivity contribution in [1.82, 2.24) is 0 Å². The molecule has 94 valence electrons. The summed E-state index contributed by atoms with van der Waals surface area (Å²) < 4.78 is 28.8. The fourth-order valence-electron chi connectivity index (χ4n) is 2.09. The predicted octanol–water partition coefficient (Wildman–Crippen LogP) is 2.61. The molecular weight excluding hydrogens is 228 g/mol. The Balaban J connectivity index is 2.09. The van der Waals surface area contributed by atoms with Crippen molar-refractivity contribution in [3.8, 4) is 5.75 Å². The number of anilines is 1. The Morgan fingerprint density at radius 1 is 1.29 bits per heavy atom. The third-order valence-electron chi connectivity index (χ3n) is 2.92. The van der Waals surface area contributed by atoms with Gasteiger partial charge >= 0.3 is 6.61 Å². The number of rotatable bonds is 4. The first kappa shape index (κ1) is 12.1. The molecule has 17 heavy (non-hydrogen) atoms. The zero-order chi connectivity index (χ0) is 12.3. The second kappa shape index (κ2) is 5.31. The van der Waals surface area contributed by atoms with E-state index in [0.717, 1.165) is 19.3 Å². The van der Waals surface area contributed by atoms with Gasteiger partial charge in [0.15, 0.2) is 0 Å². The zero-order valence-corrected chi connectivity index (χ0v) is 9.27. The molecule has 0 bridgehead atoms. The molecule has 0 aromatic heterocycles. The lowest BCUT2D eigenvalue weighted by Gasteiger charge is -2.20. The van der Waals surface area contributed by atoms with Gasteiger partial charge in [-0.05, 0) is 31.4 Å². The Morgan fingerprint density at radius 3 is 2.71 bits per heavy atom. The van der Waals surface area contributed by atoms with Crippen LogP contribution in [0.25, 0.3) is 0 Å². The Kier molecular flexibility index (Phi) is 3.78. The second-order valence-corrected chi connectivity index (χ2v) is 4.12. The summed E-state index contributed by atoms with van der Waals surface area (Å²) in [6.07, 6.45) is 2.10. The van der Waals surface area contributed by atoms with Crippen LogP contribution in [-0.2, 0) is 0 Å². The van der Waals surface area contributed by atoms with Crippen LogP contribution in [0.5, 0.6) is 5.75 Å². The lowest BCUT2D eigenvalue weighted by molar-refractivity contribution is -0.0494. The van der Waals surface area contributed by atoms with Gasteiger partial charge in [-0.3, -0.25) is 0 Å². The smallest absolute Gasteiger partial charge is 0.387 e. The standard InChI is InChI=1S/C12H15F2NO2/c13-12(14)17-11-7-2-1-4-9(11)15-8-5-3-6-10(8)16/h1-2,4,7-8,10,12,15-16H,3,5-6H2. The van der Waals surface area contributed by atoms with Crippen molar-refractivity contribution in [2.75, 3.05) is 5.32 Å². The number of benzene rings is 1. The van der Waals surface area contributed by atoms with E-state index in [1.54, 1.807) is 18.2 Å². The molecule has 0 aliphatic heterocycles. The summed E-state index contributed by atoms with van der Waals surface area (Å²) in [4.78, 5) is 0. The molecule has 0 spiro atoms. The number of aliphatic hydroxyl groups is 1. The first-order valence-electron chi connectivity index (χ1n) is 5.65. The van der Waals surface area contributed by atoms with Crippen LogP contribution in [0.15, 0.2) is 24.3 Å².